The molecule has 1 aromatic carbocycles. The third-order valence-corrected chi connectivity index (χ3v) is 8.83. The van der Waals surface area contributed by atoms with E-state index in [1.54, 1.807) is 16.4 Å². The van der Waals surface area contributed by atoms with E-state index in [9.17, 15) is 9.59 Å². The minimum Gasteiger partial charge on any atom is -0.353 e. The van der Waals surface area contributed by atoms with Gasteiger partial charge in [0.15, 0.2) is 0 Å². The number of fused-ring (bicyclic) bond motifs is 2. The van der Waals surface area contributed by atoms with Gasteiger partial charge in [0.25, 0.3) is 0 Å². The molecule has 3 heterocycles. The summed E-state index contributed by atoms with van der Waals surface area (Å²) in [5.41, 5.74) is 0. The van der Waals surface area contributed by atoms with Crippen LogP contribution in [0, 0.1) is 23.7 Å². The highest BCUT2D eigenvalue weighted by Gasteiger charge is 2.50. The standard InChI is InChI=1S/C25H34N4O2S/c1-17-15-20-21(16-18(17)2)25(31)29(24(20)30)10-6-5-9-27-11-13-28(14-12-27)23-19-7-3-4-8-22(19)32-26-23/h3-4,7-8,17-18,20-21H,5-6,9-16H2,1-2H3/t17?,18?,20-,21+. The van der Waals surface area contributed by atoms with Gasteiger partial charge in [-0.1, -0.05) is 26.0 Å². The molecule has 2 unspecified atom stereocenters. The normalized spacial score (nSPS) is 29.2. The Morgan fingerprint density at radius 3 is 2.22 bits per heavy atom. The molecule has 0 bridgehead atoms. The first-order valence-electron chi connectivity index (χ1n) is 12.2. The van der Waals surface area contributed by atoms with Crippen LogP contribution >= 0.6 is 11.5 Å². The lowest BCUT2D eigenvalue weighted by Crippen LogP contribution is -2.46. The van der Waals surface area contributed by atoms with E-state index in [4.69, 9.17) is 4.37 Å². The Balaban J connectivity index is 1.07. The predicted molar refractivity (Wildman–Crippen MR) is 129 cm³/mol. The number of unbranched alkanes of at least 4 members (excludes halogenated alkanes) is 1. The lowest BCUT2D eigenvalue weighted by Gasteiger charge is -2.35. The number of piperazine rings is 1. The number of carbonyl (C=O) groups excluding carboxylic acids is 2. The van der Waals surface area contributed by atoms with Crippen LogP contribution in [0.5, 0.6) is 0 Å². The lowest BCUT2D eigenvalue weighted by atomic mass is 9.70. The quantitative estimate of drug-likeness (QED) is 0.490. The van der Waals surface area contributed by atoms with Crippen LogP contribution in [-0.4, -0.2) is 65.3 Å². The van der Waals surface area contributed by atoms with Gasteiger partial charge in [-0.05, 0) is 67.7 Å². The highest BCUT2D eigenvalue weighted by atomic mass is 32.1. The van der Waals surface area contributed by atoms with Gasteiger partial charge in [-0.3, -0.25) is 19.4 Å². The van der Waals surface area contributed by atoms with Crippen LogP contribution in [0.25, 0.3) is 10.1 Å². The molecule has 0 radical (unpaired) electrons. The second-order valence-corrected chi connectivity index (χ2v) is 10.8. The van der Waals surface area contributed by atoms with Gasteiger partial charge in [0.1, 0.15) is 5.82 Å². The second-order valence-electron chi connectivity index (χ2n) is 10.0. The minimum atomic E-state index is -0.0522. The third kappa shape index (κ3) is 4.05. The average Bonchev–Trinajstić information content (AvgIpc) is 3.33. The Hall–Kier alpha value is -1.99. The van der Waals surface area contributed by atoms with Crippen molar-refractivity contribution < 1.29 is 9.59 Å². The number of hydrogen-bond donors (Lipinski definition) is 0. The maximum Gasteiger partial charge on any atom is 0.233 e. The lowest BCUT2D eigenvalue weighted by molar-refractivity contribution is -0.140. The Morgan fingerprint density at radius 1 is 0.906 bits per heavy atom. The fourth-order valence-corrected chi connectivity index (χ4v) is 6.55. The number of nitrogens with zero attached hydrogens (tertiary/aromatic N) is 4. The molecule has 1 aliphatic carbocycles. The van der Waals surface area contributed by atoms with Crippen molar-refractivity contribution >= 4 is 39.3 Å². The number of carbonyl (C=O) groups is 2. The zero-order chi connectivity index (χ0) is 22.2. The first-order chi connectivity index (χ1) is 15.5. The van der Waals surface area contributed by atoms with Gasteiger partial charge >= 0.3 is 0 Å². The number of hydrogen-bond acceptors (Lipinski definition) is 6. The molecular formula is C25H34N4O2S. The number of aromatic nitrogens is 1. The fraction of sp³-hybridized carbons (Fsp3) is 0.640. The van der Waals surface area contributed by atoms with Gasteiger partial charge in [-0.2, -0.15) is 4.37 Å². The number of imide groups is 1. The first kappa shape index (κ1) is 21.8. The topological polar surface area (TPSA) is 56.8 Å². The Bertz CT molecular complexity index is 955. The van der Waals surface area contributed by atoms with Crippen LogP contribution < -0.4 is 4.90 Å². The molecule has 5 rings (SSSR count). The van der Waals surface area contributed by atoms with Gasteiger partial charge < -0.3 is 4.90 Å². The number of amides is 2. The van der Waals surface area contributed by atoms with Gasteiger partial charge in [-0.15, -0.1) is 0 Å². The van der Waals surface area contributed by atoms with Gasteiger partial charge in [0, 0.05) is 38.1 Å². The molecule has 2 aliphatic heterocycles. The highest BCUT2D eigenvalue weighted by molar-refractivity contribution is 7.13. The van der Waals surface area contributed by atoms with E-state index in [1.807, 2.05) is 0 Å². The molecule has 1 saturated carbocycles. The van der Waals surface area contributed by atoms with Crippen molar-refractivity contribution in [3.63, 3.8) is 0 Å². The molecule has 0 N–H and O–H groups in total. The molecular weight excluding hydrogens is 420 g/mol. The molecule has 3 aliphatic rings. The van der Waals surface area contributed by atoms with E-state index in [-0.39, 0.29) is 23.7 Å². The molecule has 2 amide bonds. The summed E-state index contributed by atoms with van der Waals surface area (Å²) in [6.45, 7) is 10.1. The SMILES string of the molecule is CC1C[C@@H]2C(=O)N(CCCCN3CCN(c4nsc5ccccc45)CC3)C(=O)[C@@H]2CC1C. The number of likely N-dealkylation sites (tertiary alicyclic amines) is 1. The molecule has 1 aromatic heterocycles. The predicted octanol–water partition coefficient (Wildman–Crippen LogP) is 3.87. The molecule has 6 nitrogen and oxygen atoms in total. The largest absolute Gasteiger partial charge is 0.353 e. The third-order valence-electron chi connectivity index (χ3n) is 8.01. The van der Waals surface area contributed by atoms with E-state index >= 15 is 0 Å². The van der Waals surface area contributed by atoms with E-state index < -0.39 is 0 Å². The van der Waals surface area contributed by atoms with E-state index in [1.165, 1.54) is 10.1 Å². The van der Waals surface area contributed by atoms with E-state index in [2.05, 4.69) is 47.9 Å². The summed E-state index contributed by atoms with van der Waals surface area (Å²) < 4.78 is 5.95. The summed E-state index contributed by atoms with van der Waals surface area (Å²) in [5.74, 6) is 2.29. The van der Waals surface area contributed by atoms with E-state index in [0.717, 1.165) is 64.2 Å². The van der Waals surface area contributed by atoms with Crippen LogP contribution in [0.15, 0.2) is 24.3 Å². The fourth-order valence-electron chi connectivity index (χ4n) is 5.76. The van der Waals surface area contributed by atoms with Crippen molar-refractivity contribution in [2.24, 2.45) is 23.7 Å². The Morgan fingerprint density at radius 2 is 1.53 bits per heavy atom. The van der Waals surface area contributed by atoms with Gasteiger partial charge in [0.2, 0.25) is 11.8 Å². The summed E-state index contributed by atoms with van der Waals surface area (Å²) in [5, 5.41) is 1.26. The number of rotatable bonds is 6. The summed E-state index contributed by atoms with van der Waals surface area (Å²) in [7, 11) is 0. The number of anilines is 1. The highest BCUT2D eigenvalue weighted by Crippen LogP contribution is 2.43. The molecule has 32 heavy (non-hydrogen) atoms. The second kappa shape index (κ2) is 9.10. The van der Waals surface area contributed by atoms with E-state index in [0.29, 0.717) is 18.4 Å². The molecule has 172 valence electrons. The van der Waals surface area contributed by atoms with Gasteiger partial charge in [0.05, 0.1) is 16.5 Å². The molecule has 2 saturated heterocycles. The minimum absolute atomic E-state index is 0.0522. The Kier molecular flexibility index (Phi) is 6.21. The van der Waals surface area contributed by atoms with Crippen LogP contribution in [0.4, 0.5) is 5.82 Å². The molecule has 3 fully saturated rings. The van der Waals surface area contributed by atoms with Crippen molar-refractivity contribution in [3.8, 4) is 0 Å². The monoisotopic (exact) mass is 454 g/mol. The van der Waals surface area contributed by atoms with Crippen molar-refractivity contribution in [1.29, 1.82) is 0 Å². The first-order valence-corrected chi connectivity index (χ1v) is 13.0. The molecule has 0 spiro atoms. The van der Waals surface area contributed by atoms with Crippen molar-refractivity contribution in [2.45, 2.75) is 39.5 Å². The average molecular weight is 455 g/mol. The maximum atomic E-state index is 12.8. The smallest absolute Gasteiger partial charge is 0.233 e. The van der Waals surface area contributed by atoms with Crippen LogP contribution in [-0.2, 0) is 9.59 Å². The molecule has 7 heteroatoms. The zero-order valence-electron chi connectivity index (χ0n) is 19.2. The zero-order valence-corrected chi connectivity index (χ0v) is 20.0. The summed E-state index contributed by atoms with van der Waals surface area (Å²) in [6.07, 6.45) is 3.69. The summed E-state index contributed by atoms with van der Waals surface area (Å²) >= 11 is 1.58. The number of benzene rings is 1. The summed E-state index contributed by atoms with van der Waals surface area (Å²) in [6, 6.07) is 8.46. The Labute approximate surface area is 194 Å². The van der Waals surface area contributed by atoms with Gasteiger partial charge in [-0.25, -0.2) is 0 Å². The van der Waals surface area contributed by atoms with Crippen LogP contribution in [0.3, 0.4) is 0 Å². The molecule has 2 aromatic rings. The summed E-state index contributed by atoms with van der Waals surface area (Å²) in [4.78, 5) is 32.1. The van der Waals surface area contributed by atoms with Crippen LogP contribution in [0.2, 0.25) is 0 Å². The molecule has 4 atom stereocenters. The van der Waals surface area contributed by atoms with Crippen LogP contribution in [0.1, 0.15) is 39.5 Å². The maximum absolute atomic E-state index is 12.8. The van der Waals surface area contributed by atoms with Crippen molar-refractivity contribution in [1.82, 2.24) is 14.2 Å². The van der Waals surface area contributed by atoms with Crippen molar-refractivity contribution in [2.75, 3.05) is 44.2 Å². The van der Waals surface area contributed by atoms with Crippen molar-refractivity contribution in [3.05, 3.63) is 24.3 Å².